The SMILES string of the molecule is CC(C(=O)O)n1nccc1C(=O)Nc1nn(Cc2ccc(Cl)cc2Cl)cc1Br. The van der Waals surface area contributed by atoms with Crippen molar-refractivity contribution in [2.24, 2.45) is 0 Å². The van der Waals surface area contributed by atoms with Crippen LogP contribution in [0, 0.1) is 0 Å². The smallest absolute Gasteiger partial charge is 0.328 e. The van der Waals surface area contributed by atoms with Gasteiger partial charge in [0.15, 0.2) is 5.82 Å². The molecule has 1 amide bonds. The molecule has 0 aliphatic rings. The summed E-state index contributed by atoms with van der Waals surface area (Å²) in [6, 6.07) is 5.63. The third kappa shape index (κ3) is 4.37. The van der Waals surface area contributed by atoms with Crippen LogP contribution in [0.3, 0.4) is 0 Å². The van der Waals surface area contributed by atoms with Crippen molar-refractivity contribution in [1.29, 1.82) is 0 Å². The Balaban J connectivity index is 1.78. The predicted octanol–water partition coefficient (Wildman–Crippen LogP) is 4.10. The number of carbonyl (C=O) groups excluding carboxylic acids is 1. The Kier molecular flexibility index (Phi) is 6.07. The standard InChI is InChI=1S/C17H14BrCl2N5O3/c1-9(17(27)28)25-14(4-5-21-25)16(26)22-15-12(18)8-24(23-15)7-10-2-3-11(19)6-13(10)20/h2-6,8-9H,7H2,1H3,(H,27,28)(H,22,23,26). The summed E-state index contributed by atoms with van der Waals surface area (Å²) in [6.45, 7) is 1.81. The Hall–Kier alpha value is -2.36. The maximum absolute atomic E-state index is 12.6. The number of aromatic nitrogens is 4. The summed E-state index contributed by atoms with van der Waals surface area (Å²) in [5.74, 6) is -1.34. The van der Waals surface area contributed by atoms with E-state index in [4.69, 9.17) is 28.3 Å². The van der Waals surface area contributed by atoms with E-state index >= 15 is 0 Å². The molecule has 0 aliphatic carbocycles. The molecule has 0 aliphatic heterocycles. The van der Waals surface area contributed by atoms with Crippen molar-refractivity contribution < 1.29 is 14.7 Å². The van der Waals surface area contributed by atoms with Crippen molar-refractivity contribution >= 4 is 56.8 Å². The van der Waals surface area contributed by atoms with Gasteiger partial charge in [-0.3, -0.25) is 9.48 Å². The highest BCUT2D eigenvalue weighted by Gasteiger charge is 2.22. The van der Waals surface area contributed by atoms with E-state index < -0.39 is 17.9 Å². The number of nitrogens with one attached hydrogen (secondary N) is 1. The number of hydrogen-bond acceptors (Lipinski definition) is 4. The maximum atomic E-state index is 12.6. The molecule has 3 rings (SSSR count). The lowest BCUT2D eigenvalue weighted by molar-refractivity contribution is -0.140. The number of rotatable bonds is 6. The van der Waals surface area contributed by atoms with Gasteiger partial charge in [0.1, 0.15) is 11.7 Å². The third-order valence-electron chi connectivity index (χ3n) is 3.92. The normalized spacial score (nSPS) is 12.0. The van der Waals surface area contributed by atoms with E-state index in [9.17, 15) is 9.59 Å². The highest BCUT2D eigenvalue weighted by molar-refractivity contribution is 9.10. The zero-order chi connectivity index (χ0) is 20.4. The average Bonchev–Trinajstić information content (AvgIpc) is 3.24. The van der Waals surface area contributed by atoms with Crippen molar-refractivity contribution in [3.05, 3.63) is 62.4 Å². The molecule has 28 heavy (non-hydrogen) atoms. The molecular formula is C17H14BrCl2N5O3. The monoisotopic (exact) mass is 485 g/mol. The molecule has 0 radical (unpaired) electrons. The molecule has 1 unspecified atom stereocenters. The molecule has 146 valence electrons. The number of anilines is 1. The van der Waals surface area contributed by atoms with Crippen LogP contribution < -0.4 is 5.32 Å². The number of halogens is 3. The minimum atomic E-state index is -1.09. The number of hydrogen-bond donors (Lipinski definition) is 2. The average molecular weight is 487 g/mol. The van der Waals surface area contributed by atoms with E-state index in [-0.39, 0.29) is 11.5 Å². The number of carboxylic acids is 1. The van der Waals surface area contributed by atoms with Crippen molar-refractivity contribution in [2.45, 2.75) is 19.5 Å². The van der Waals surface area contributed by atoms with Crippen LogP contribution in [-0.4, -0.2) is 36.5 Å². The summed E-state index contributed by atoms with van der Waals surface area (Å²) < 4.78 is 3.30. The van der Waals surface area contributed by atoms with Gasteiger partial charge in [-0.05, 0) is 46.6 Å². The molecular weight excluding hydrogens is 473 g/mol. The fourth-order valence-electron chi connectivity index (χ4n) is 2.47. The van der Waals surface area contributed by atoms with E-state index in [0.717, 1.165) is 10.2 Å². The number of nitrogens with zero attached hydrogens (tertiary/aromatic N) is 4. The van der Waals surface area contributed by atoms with Crippen LogP contribution in [0.4, 0.5) is 5.82 Å². The minimum Gasteiger partial charge on any atom is -0.480 e. The first-order valence-electron chi connectivity index (χ1n) is 8.01. The number of benzene rings is 1. The molecule has 2 aromatic heterocycles. The first-order chi connectivity index (χ1) is 13.3. The Morgan fingerprint density at radius 1 is 1.32 bits per heavy atom. The molecule has 8 nitrogen and oxygen atoms in total. The fourth-order valence-corrected chi connectivity index (χ4v) is 3.35. The van der Waals surface area contributed by atoms with Gasteiger partial charge in [0.2, 0.25) is 0 Å². The van der Waals surface area contributed by atoms with Gasteiger partial charge in [-0.1, -0.05) is 29.3 Å². The first-order valence-corrected chi connectivity index (χ1v) is 9.55. The lowest BCUT2D eigenvalue weighted by Crippen LogP contribution is -2.24. The highest BCUT2D eigenvalue weighted by Crippen LogP contribution is 2.25. The quantitative estimate of drug-likeness (QED) is 0.546. The molecule has 2 N–H and O–H groups in total. The van der Waals surface area contributed by atoms with Crippen LogP contribution in [0.25, 0.3) is 0 Å². The molecule has 11 heteroatoms. The maximum Gasteiger partial charge on any atom is 0.328 e. The fraction of sp³-hybridized carbons (Fsp3) is 0.176. The van der Waals surface area contributed by atoms with Crippen LogP contribution in [0.5, 0.6) is 0 Å². The predicted molar refractivity (Wildman–Crippen MR) is 108 cm³/mol. The van der Waals surface area contributed by atoms with E-state index in [1.807, 2.05) is 0 Å². The molecule has 0 saturated heterocycles. The van der Waals surface area contributed by atoms with Gasteiger partial charge in [0.05, 0.1) is 11.0 Å². The van der Waals surface area contributed by atoms with Crippen LogP contribution in [0.2, 0.25) is 10.0 Å². The second-order valence-corrected chi connectivity index (χ2v) is 7.59. The number of amides is 1. The van der Waals surface area contributed by atoms with Crippen molar-refractivity contribution in [1.82, 2.24) is 19.6 Å². The first kappa shape index (κ1) is 20.4. The second kappa shape index (κ2) is 8.34. The van der Waals surface area contributed by atoms with Crippen molar-refractivity contribution in [2.75, 3.05) is 5.32 Å². The lowest BCUT2D eigenvalue weighted by Gasteiger charge is -2.11. The van der Waals surface area contributed by atoms with Crippen LogP contribution in [0.15, 0.2) is 41.1 Å². The van der Waals surface area contributed by atoms with Gasteiger partial charge >= 0.3 is 5.97 Å². The van der Waals surface area contributed by atoms with E-state index in [1.165, 1.54) is 19.2 Å². The summed E-state index contributed by atoms with van der Waals surface area (Å²) in [5, 5.41) is 21.1. The zero-order valence-electron chi connectivity index (χ0n) is 14.4. The molecule has 0 saturated carbocycles. The summed E-state index contributed by atoms with van der Waals surface area (Å²) in [7, 11) is 0. The van der Waals surface area contributed by atoms with Crippen molar-refractivity contribution in [3.63, 3.8) is 0 Å². The number of aliphatic carboxylic acids is 1. The van der Waals surface area contributed by atoms with Crippen LogP contribution in [-0.2, 0) is 11.3 Å². The molecule has 1 aromatic carbocycles. The summed E-state index contributed by atoms with van der Waals surface area (Å²) >= 11 is 15.4. The molecule has 0 fully saturated rings. The zero-order valence-corrected chi connectivity index (χ0v) is 17.5. The third-order valence-corrected chi connectivity index (χ3v) is 5.09. The molecule has 1 atom stereocenters. The Morgan fingerprint density at radius 2 is 2.07 bits per heavy atom. The van der Waals surface area contributed by atoms with E-state index in [2.05, 4.69) is 31.4 Å². The largest absolute Gasteiger partial charge is 0.480 e. The van der Waals surface area contributed by atoms with Gasteiger partial charge in [0.25, 0.3) is 5.91 Å². The van der Waals surface area contributed by atoms with E-state index in [0.29, 0.717) is 21.1 Å². The second-order valence-electron chi connectivity index (χ2n) is 5.89. The Bertz CT molecular complexity index is 1050. The Morgan fingerprint density at radius 3 is 2.75 bits per heavy atom. The summed E-state index contributed by atoms with van der Waals surface area (Å²) in [6.07, 6.45) is 3.06. The van der Waals surface area contributed by atoms with Gasteiger partial charge in [-0.25, -0.2) is 9.48 Å². The molecule has 3 aromatic rings. The van der Waals surface area contributed by atoms with Crippen LogP contribution >= 0.6 is 39.1 Å². The Labute approximate surface area is 178 Å². The summed E-state index contributed by atoms with van der Waals surface area (Å²) in [5.41, 5.74) is 0.921. The van der Waals surface area contributed by atoms with E-state index in [1.54, 1.807) is 29.1 Å². The number of carbonyl (C=O) groups is 2. The minimum absolute atomic E-state index is 0.108. The highest BCUT2D eigenvalue weighted by atomic mass is 79.9. The molecule has 2 heterocycles. The van der Waals surface area contributed by atoms with Crippen molar-refractivity contribution in [3.8, 4) is 0 Å². The topological polar surface area (TPSA) is 102 Å². The molecule has 0 bridgehead atoms. The van der Waals surface area contributed by atoms with Gasteiger partial charge < -0.3 is 10.4 Å². The van der Waals surface area contributed by atoms with Gasteiger partial charge in [0, 0.05) is 22.4 Å². The van der Waals surface area contributed by atoms with Gasteiger partial charge in [-0.2, -0.15) is 10.2 Å². The van der Waals surface area contributed by atoms with Crippen LogP contribution in [0.1, 0.15) is 29.0 Å². The van der Waals surface area contributed by atoms with Gasteiger partial charge in [-0.15, -0.1) is 0 Å². The number of carboxylic acid groups (broad SMARTS) is 1. The summed E-state index contributed by atoms with van der Waals surface area (Å²) in [4.78, 5) is 23.7. The molecule has 0 spiro atoms. The lowest BCUT2D eigenvalue weighted by atomic mass is 10.2.